The van der Waals surface area contributed by atoms with Gasteiger partial charge in [-0.05, 0) is 51.6 Å². The maximum absolute atomic E-state index is 2.70. The molecule has 0 bridgehead atoms. The van der Waals surface area contributed by atoms with Crippen molar-refractivity contribution in [1.82, 2.24) is 4.90 Å². The molecule has 0 amide bonds. The molecule has 70 valence electrons. The second-order valence-electron chi connectivity index (χ2n) is 4.53. The Morgan fingerprint density at radius 2 is 1.58 bits per heavy atom. The summed E-state index contributed by atoms with van der Waals surface area (Å²) >= 11 is 0. The first-order valence-corrected chi connectivity index (χ1v) is 5.62. The van der Waals surface area contributed by atoms with Gasteiger partial charge in [-0.3, -0.25) is 0 Å². The third kappa shape index (κ3) is 1.66. The summed E-state index contributed by atoms with van der Waals surface area (Å²) in [4.78, 5) is 2.70. The van der Waals surface area contributed by atoms with E-state index in [0.29, 0.717) is 0 Å². The number of hydrogen-bond acceptors (Lipinski definition) is 1. The minimum atomic E-state index is 0.884. The van der Waals surface area contributed by atoms with Crippen LogP contribution in [0.4, 0.5) is 0 Å². The maximum Gasteiger partial charge on any atom is 0.00951 e. The summed E-state index contributed by atoms with van der Waals surface area (Å²) in [6.45, 7) is 5.19. The number of likely N-dealkylation sites (tertiary alicyclic amines) is 1. The van der Waals surface area contributed by atoms with Crippen LogP contribution in [-0.4, -0.2) is 24.0 Å². The van der Waals surface area contributed by atoms with Crippen molar-refractivity contribution in [3.05, 3.63) is 0 Å². The fourth-order valence-electron chi connectivity index (χ4n) is 2.89. The second-order valence-corrected chi connectivity index (χ2v) is 4.53. The first kappa shape index (κ1) is 8.55. The molecule has 1 saturated carbocycles. The SMILES string of the molecule is CC(C1CCCC1)N1CCCC1. The van der Waals surface area contributed by atoms with Gasteiger partial charge < -0.3 is 4.90 Å². The van der Waals surface area contributed by atoms with Gasteiger partial charge in [-0.15, -0.1) is 0 Å². The highest BCUT2D eigenvalue weighted by Gasteiger charge is 2.27. The molecule has 1 saturated heterocycles. The predicted octanol–water partition coefficient (Wildman–Crippen LogP) is 2.66. The Bertz CT molecular complexity index is 116. The van der Waals surface area contributed by atoms with Gasteiger partial charge in [-0.1, -0.05) is 12.8 Å². The van der Waals surface area contributed by atoms with E-state index in [1.165, 1.54) is 51.6 Å². The molecule has 0 aromatic heterocycles. The predicted molar refractivity (Wildman–Crippen MR) is 52.2 cm³/mol. The largest absolute Gasteiger partial charge is 0.300 e. The van der Waals surface area contributed by atoms with Gasteiger partial charge in [-0.25, -0.2) is 0 Å². The Balaban J connectivity index is 1.84. The molecule has 0 aromatic rings. The highest BCUT2D eigenvalue weighted by Crippen LogP contribution is 2.31. The van der Waals surface area contributed by atoms with Crippen molar-refractivity contribution in [1.29, 1.82) is 0 Å². The van der Waals surface area contributed by atoms with Crippen molar-refractivity contribution < 1.29 is 0 Å². The van der Waals surface area contributed by atoms with E-state index in [0.717, 1.165) is 12.0 Å². The van der Waals surface area contributed by atoms with Crippen molar-refractivity contribution in [2.24, 2.45) is 5.92 Å². The number of nitrogens with zero attached hydrogens (tertiary/aromatic N) is 1. The Labute approximate surface area is 76.1 Å². The van der Waals surface area contributed by atoms with Crippen molar-refractivity contribution in [3.63, 3.8) is 0 Å². The third-order valence-electron chi connectivity index (χ3n) is 3.80. The van der Waals surface area contributed by atoms with Crippen LogP contribution in [-0.2, 0) is 0 Å². The van der Waals surface area contributed by atoms with Crippen LogP contribution in [0.25, 0.3) is 0 Å². The van der Waals surface area contributed by atoms with Crippen molar-refractivity contribution in [2.75, 3.05) is 13.1 Å². The maximum atomic E-state index is 2.70. The van der Waals surface area contributed by atoms with Crippen LogP contribution in [0.15, 0.2) is 0 Å². The van der Waals surface area contributed by atoms with Crippen molar-refractivity contribution >= 4 is 0 Å². The average Bonchev–Trinajstić information content (AvgIpc) is 2.77. The normalized spacial score (nSPS) is 29.8. The van der Waals surface area contributed by atoms with E-state index < -0.39 is 0 Å². The molecule has 1 heteroatoms. The topological polar surface area (TPSA) is 3.24 Å². The molecule has 2 aliphatic rings. The lowest BCUT2D eigenvalue weighted by Gasteiger charge is -2.28. The molecule has 12 heavy (non-hydrogen) atoms. The Morgan fingerprint density at radius 1 is 1.00 bits per heavy atom. The molecule has 1 atom stereocenters. The van der Waals surface area contributed by atoms with Crippen molar-refractivity contribution in [2.45, 2.75) is 51.5 Å². The van der Waals surface area contributed by atoms with E-state index in [-0.39, 0.29) is 0 Å². The van der Waals surface area contributed by atoms with Gasteiger partial charge in [0.05, 0.1) is 0 Å². The van der Waals surface area contributed by atoms with E-state index in [4.69, 9.17) is 0 Å². The van der Waals surface area contributed by atoms with E-state index >= 15 is 0 Å². The molecule has 0 N–H and O–H groups in total. The summed E-state index contributed by atoms with van der Waals surface area (Å²) in [5.74, 6) is 1.03. The third-order valence-corrected chi connectivity index (χ3v) is 3.80. The Hall–Kier alpha value is -0.0400. The molecule has 1 aliphatic carbocycles. The van der Waals surface area contributed by atoms with E-state index in [9.17, 15) is 0 Å². The molecule has 0 radical (unpaired) electrons. The summed E-state index contributed by atoms with van der Waals surface area (Å²) < 4.78 is 0. The van der Waals surface area contributed by atoms with Crippen LogP contribution < -0.4 is 0 Å². The molecule has 0 aromatic carbocycles. The Morgan fingerprint density at radius 3 is 2.17 bits per heavy atom. The van der Waals surface area contributed by atoms with Gasteiger partial charge in [0.1, 0.15) is 0 Å². The van der Waals surface area contributed by atoms with Crippen molar-refractivity contribution in [3.8, 4) is 0 Å². The molecular formula is C11H21N. The fourth-order valence-corrected chi connectivity index (χ4v) is 2.89. The smallest absolute Gasteiger partial charge is 0.00951 e. The van der Waals surface area contributed by atoms with Gasteiger partial charge in [0.25, 0.3) is 0 Å². The van der Waals surface area contributed by atoms with Gasteiger partial charge in [-0.2, -0.15) is 0 Å². The zero-order valence-corrected chi connectivity index (χ0v) is 8.26. The lowest BCUT2D eigenvalue weighted by atomic mass is 9.99. The molecule has 2 fully saturated rings. The molecule has 0 spiro atoms. The van der Waals surface area contributed by atoms with Crippen LogP contribution in [0.2, 0.25) is 0 Å². The van der Waals surface area contributed by atoms with E-state index in [2.05, 4.69) is 11.8 Å². The van der Waals surface area contributed by atoms with Gasteiger partial charge in [0.2, 0.25) is 0 Å². The quantitative estimate of drug-likeness (QED) is 0.611. The first-order valence-electron chi connectivity index (χ1n) is 5.62. The molecule has 1 heterocycles. The van der Waals surface area contributed by atoms with E-state index in [1.807, 2.05) is 0 Å². The standard InChI is InChI=1S/C11H21N/c1-10(11-6-2-3-7-11)12-8-4-5-9-12/h10-11H,2-9H2,1H3. The van der Waals surface area contributed by atoms with Gasteiger partial charge in [0, 0.05) is 6.04 Å². The molecule has 2 rings (SSSR count). The second kappa shape index (κ2) is 3.78. The monoisotopic (exact) mass is 167 g/mol. The zero-order valence-electron chi connectivity index (χ0n) is 8.26. The van der Waals surface area contributed by atoms with Crippen LogP contribution in [0, 0.1) is 5.92 Å². The van der Waals surface area contributed by atoms with Crippen LogP contribution in [0.3, 0.4) is 0 Å². The van der Waals surface area contributed by atoms with E-state index in [1.54, 1.807) is 0 Å². The molecule has 1 aliphatic heterocycles. The van der Waals surface area contributed by atoms with Gasteiger partial charge in [0.15, 0.2) is 0 Å². The van der Waals surface area contributed by atoms with Gasteiger partial charge >= 0.3 is 0 Å². The van der Waals surface area contributed by atoms with Crippen LogP contribution in [0.5, 0.6) is 0 Å². The number of hydrogen-bond donors (Lipinski definition) is 0. The minimum Gasteiger partial charge on any atom is -0.300 e. The molecule has 1 nitrogen and oxygen atoms in total. The molecule has 1 unspecified atom stereocenters. The Kier molecular flexibility index (Phi) is 2.69. The highest BCUT2D eigenvalue weighted by atomic mass is 15.2. The van der Waals surface area contributed by atoms with Crippen LogP contribution >= 0.6 is 0 Å². The highest BCUT2D eigenvalue weighted by molar-refractivity contribution is 4.81. The summed E-state index contributed by atoms with van der Waals surface area (Å²) in [6.07, 6.45) is 8.86. The summed E-state index contributed by atoms with van der Waals surface area (Å²) in [7, 11) is 0. The fraction of sp³-hybridized carbons (Fsp3) is 1.00. The lowest BCUT2D eigenvalue weighted by molar-refractivity contribution is 0.191. The summed E-state index contributed by atoms with van der Waals surface area (Å²) in [5.41, 5.74) is 0. The number of rotatable bonds is 2. The average molecular weight is 167 g/mol. The van der Waals surface area contributed by atoms with Crippen LogP contribution in [0.1, 0.15) is 45.4 Å². The minimum absolute atomic E-state index is 0.884. The first-order chi connectivity index (χ1) is 5.88. The molecular weight excluding hydrogens is 146 g/mol. The summed E-state index contributed by atoms with van der Waals surface area (Å²) in [6, 6.07) is 0.884. The summed E-state index contributed by atoms with van der Waals surface area (Å²) in [5, 5.41) is 0. The zero-order chi connectivity index (χ0) is 8.39. The lowest BCUT2D eigenvalue weighted by Crippen LogP contribution is -2.35.